The summed E-state index contributed by atoms with van der Waals surface area (Å²) >= 11 is 0. The van der Waals surface area contributed by atoms with Crippen molar-refractivity contribution in [2.45, 2.75) is 19.9 Å². The smallest absolute Gasteiger partial charge is 0.251 e. The molecule has 3 N–H and O–H groups in total. The molecular formula is C16H20ClN3O. The highest BCUT2D eigenvalue weighted by Crippen LogP contribution is 2.05. The van der Waals surface area contributed by atoms with E-state index in [0.29, 0.717) is 18.7 Å². The minimum Gasteiger partial charge on any atom is -0.352 e. The van der Waals surface area contributed by atoms with E-state index in [4.69, 9.17) is 5.73 Å². The van der Waals surface area contributed by atoms with Gasteiger partial charge in [-0.05, 0) is 31.0 Å². The molecule has 112 valence electrons. The fraction of sp³-hybridized carbons (Fsp3) is 0.250. The molecule has 1 heterocycles. The third-order valence-electron chi connectivity index (χ3n) is 3.07. The van der Waals surface area contributed by atoms with E-state index in [1.165, 1.54) is 11.1 Å². The molecule has 1 amide bonds. The lowest BCUT2D eigenvalue weighted by Crippen LogP contribution is -2.26. The summed E-state index contributed by atoms with van der Waals surface area (Å²) in [6.07, 6.45) is 2.43. The van der Waals surface area contributed by atoms with Gasteiger partial charge in [0.1, 0.15) is 0 Å². The summed E-state index contributed by atoms with van der Waals surface area (Å²) in [6, 6.07) is 11.7. The first-order valence-corrected chi connectivity index (χ1v) is 6.68. The molecule has 0 saturated carbocycles. The van der Waals surface area contributed by atoms with E-state index in [1.54, 1.807) is 18.3 Å². The predicted molar refractivity (Wildman–Crippen MR) is 86.6 cm³/mol. The molecule has 2 rings (SSSR count). The molecule has 1 aromatic carbocycles. The van der Waals surface area contributed by atoms with Crippen LogP contribution in [0.3, 0.4) is 0 Å². The summed E-state index contributed by atoms with van der Waals surface area (Å²) in [4.78, 5) is 16.1. The average Bonchev–Trinajstić information content (AvgIpc) is 2.47. The Morgan fingerprint density at radius 2 is 2.10 bits per heavy atom. The van der Waals surface area contributed by atoms with Crippen LogP contribution in [0.1, 0.15) is 27.2 Å². The van der Waals surface area contributed by atoms with E-state index in [1.807, 2.05) is 6.07 Å². The molecular weight excluding hydrogens is 286 g/mol. The lowest BCUT2D eigenvalue weighted by atomic mass is 10.1. The van der Waals surface area contributed by atoms with E-state index in [9.17, 15) is 4.79 Å². The lowest BCUT2D eigenvalue weighted by Gasteiger charge is -2.07. The number of aromatic nitrogens is 1. The molecule has 0 fully saturated rings. The standard InChI is InChI=1S/C16H19N3O.ClH/c1-12-3-2-4-13(9-12)5-7-19-16(20)14-6-8-18-15(10-14)11-17;/h2-4,6,8-10H,5,7,11,17H2,1H3,(H,19,20);1H. The maximum Gasteiger partial charge on any atom is 0.251 e. The minimum absolute atomic E-state index is 0. The largest absolute Gasteiger partial charge is 0.352 e. The summed E-state index contributed by atoms with van der Waals surface area (Å²) in [5.41, 5.74) is 9.29. The number of nitrogens with one attached hydrogen (secondary N) is 1. The van der Waals surface area contributed by atoms with Crippen molar-refractivity contribution in [2.75, 3.05) is 6.54 Å². The van der Waals surface area contributed by atoms with Crippen molar-refractivity contribution >= 4 is 18.3 Å². The summed E-state index contributed by atoms with van der Waals surface area (Å²) in [5, 5.41) is 2.91. The monoisotopic (exact) mass is 305 g/mol. The first-order chi connectivity index (χ1) is 9.69. The zero-order chi connectivity index (χ0) is 14.4. The Hall–Kier alpha value is -1.91. The molecule has 21 heavy (non-hydrogen) atoms. The van der Waals surface area contributed by atoms with Crippen molar-refractivity contribution in [3.63, 3.8) is 0 Å². The van der Waals surface area contributed by atoms with Gasteiger partial charge >= 0.3 is 0 Å². The van der Waals surface area contributed by atoms with Crippen LogP contribution in [0.25, 0.3) is 0 Å². The Morgan fingerprint density at radius 3 is 2.81 bits per heavy atom. The zero-order valence-electron chi connectivity index (χ0n) is 12.0. The summed E-state index contributed by atoms with van der Waals surface area (Å²) in [5.74, 6) is -0.0882. The number of carbonyl (C=O) groups excluding carboxylic acids is 1. The SMILES string of the molecule is Cc1cccc(CCNC(=O)c2ccnc(CN)c2)c1.Cl. The first-order valence-electron chi connectivity index (χ1n) is 6.68. The highest BCUT2D eigenvalue weighted by molar-refractivity contribution is 5.94. The van der Waals surface area contributed by atoms with Gasteiger partial charge in [-0.15, -0.1) is 12.4 Å². The van der Waals surface area contributed by atoms with Gasteiger partial charge in [-0.3, -0.25) is 9.78 Å². The fourth-order valence-electron chi connectivity index (χ4n) is 2.02. The Labute approximate surface area is 131 Å². The van der Waals surface area contributed by atoms with E-state index in [0.717, 1.165) is 12.1 Å². The Kier molecular flexibility index (Phi) is 6.85. The van der Waals surface area contributed by atoms with Gasteiger partial charge in [-0.25, -0.2) is 0 Å². The van der Waals surface area contributed by atoms with Gasteiger partial charge in [0, 0.05) is 24.8 Å². The third-order valence-corrected chi connectivity index (χ3v) is 3.07. The molecule has 5 heteroatoms. The summed E-state index contributed by atoms with van der Waals surface area (Å²) in [7, 11) is 0. The number of hydrogen-bond donors (Lipinski definition) is 2. The number of hydrogen-bond acceptors (Lipinski definition) is 3. The van der Waals surface area contributed by atoms with Crippen molar-refractivity contribution in [1.29, 1.82) is 0 Å². The van der Waals surface area contributed by atoms with Crippen molar-refractivity contribution < 1.29 is 4.79 Å². The van der Waals surface area contributed by atoms with Crippen LogP contribution in [0.15, 0.2) is 42.6 Å². The first kappa shape index (κ1) is 17.1. The number of nitrogens with two attached hydrogens (primary N) is 1. The van der Waals surface area contributed by atoms with Gasteiger partial charge in [0.25, 0.3) is 5.91 Å². The van der Waals surface area contributed by atoms with Crippen LogP contribution in [0, 0.1) is 6.92 Å². The highest BCUT2D eigenvalue weighted by Gasteiger charge is 2.05. The van der Waals surface area contributed by atoms with Crippen molar-refractivity contribution in [3.8, 4) is 0 Å². The second kappa shape index (κ2) is 8.39. The minimum atomic E-state index is -0.0882. The van der Waals surface area contributed by atoms with E-state index in [-0.39, 0.29) is 18.3 Å². The summed E-state index contributed by atoms with van der Waals surface area (Å²) in [6.45, 7) is 3.01. The van der Waals surface area contributed by atoms with Gasteiger partial charge in [-0.1, -0.05) is 29.8 Å². The van der Waals surface area contributed by atoms with Crippen LogP contribution >= 0.6 is 12.4 Å². The van der Waals surface area contributed by atoms with Crippen molar-refractivity contribution in [1.82, 2.24) is 10.3 Å². The van der Waals surface area contributed by atoms with Crippen LogP contribution in [0.4, 0.5) is 0 Å². The van der Waals surface area contributed by atoms with Crippen LogP contribution in [-0.2, 0) is 13.0 Å². The topological polar surface area (TPSA) is 68.0 Å². The Morgan fingerprint density at radius 1 is 1.29 bits per heavy atom. The number of halogens is 1. The number of amides is 1. The molecule has 0 unspecified atom stereocenters. The zero-order valence-corrected chi connectivity index (χ0v) is 12.8. The van der Waals surface area contributed by atoms with Crippen LogP contribution in [-0.4, -0.2) is 17.4 Å². The summed E-state index contributed by atoms with van der Waals surface area (Å²) < 4.78 is 0. The highest BCUT2D eigenvalue weighted by atomic mass is 35.5. The Balaban J connectivity index is 0.00000220. The lowest BCUT2D eigenvalue weighted by molar-refractivity contribution is 0.0954. The van der Waals surface area contributed by atoms with E-state index >= 15 is 0 Å². The van der Waals surface area contributed by atoms with Crippen LogP contribution < -0.4 is 11.1 Å². The molecule has 0 bridgehead atoms. The number of rotatable bonds is 5. The average molecular weight is 306 g/mol. The molecule has 0 spiro atoms. The molecule has 4 nitrogen and oxygen atoms in total. The maximum atomic E-state index is 12.0. The molecule has 0 aliphatic heterocycles. The normalized spacial score (nSPS) is 9.81. The quantitative estimate of drug-likeness (QED) is 0.890. The maximum absolute atomic E-state index is 12.0. The van der Waals surface area contributed by atoms with Crippen molar-refractivity contribution in [2.24, 2.45) is 5.73 Å². The fourth-order valence-corrected chi connectivity index (χ4v) is 2.02. The number of aryl methyl sites for hydroxylation is 1. The van der Waals surface area contributed by atoms with E-state index in [2.05, 4.69) is 35.4 Å². The number of benzene rings is 1. The number of nitrogens with zero attached hydrogens (tertiary/aromatic N) is 1. The molecule has 0 aliphatic rings. The van der Waals surface area contributed by atoms with Gasteiger partial charge in [0.2, 0.25) is 0 Å². The molecule has 0 aliphatic carbocycles. The molecule has 0 saturated heterocycles. The molecule has 1 aromatic heterocycles. The number of carbonyl (C=O) groups is 1. The second-order valence-electron chi connectivity index (χ2n) is 4.73. The number of pyridine rings is 1. The van der Waals surface area contributed by atoms with Crippen LogP contribution in [0.5, 0.6) is 0 Å². The molecule has 2 aromatic rings. The molecule has 0 radical (unpaired) electrons. The third kappa shape index (κ3) is 5.17. The van der Waals surface area contributed by atoms with E-state index < -0.39 is 0 Å². The van der Waals surface area contributed by atoms with Gasteiger partial charge in [-0.2, -0.15) is 0 Å². The van der Waals surface area contributed by atoms with Gasteiger partial charge < -0.3 is 11.1 Å². The van der Waals surface area contributed by atoms with Gasteiger partial charge in [0.05, 0.1) is 5.69 Å². The Bertz CT molecular complexity index is 602. The van der Waals surface area contributed by atoms with Crippen LogP contribution in [0.2, 0.25) is 0 Å². The second-order valence-corrected chi connectivity index (χ2v) is 4.73. The van der Waals surface area contributed by atoms with Crippen molar-refractivity contribution in [3.05, 3.63) is 65.0 Å². The predicted octanol–water partition coefficient (Wildman–Crippen LogP) is 2.24. The van der Waals surface area contributed by atoms with Gasteiger partial charge in [0.15, 0.2) is 0 Å². The molecule has 0 atom stereocenters.